The van der Waals surface area contributed by atoms with E-state index in [2.05, 4.69) is 4.99 Å². The van der Waals surface area contributed by atoms with Gasteiger partial charge in [-0.05, 0) is 23.4 Å². The standard InChI is InChI=1S/C15H12N2O5/c18-15-10(2-1-3-12(15)17(19)20)9-16-11-4-5-13-14(8-11)22-7-6-21-13/h1-5,8-9,18H,6-7H2/p-1. The maximum Gasteiger partial charge on any atom is 0.262 e. The van der Waals surface area contributed by atoms with Gasteiger partial charge in [0, 0.05) is 18.3 Å². The molecule has 0 fully saturated rings. The molecule has 7 heteroatoms. The third-order valence-corrected chi connectivity index (χ3v) is 3.10. The summed E-state index contributed by atoms with van der Waals surface area (Å²) in [6.45, 7) is 0.971. The number of ether oxygens (including phenoxy) is 2. The minimum Gasteiger partial charge on any atom is -0.867 e. The zero-order chi connectivity index (χ0) is 15.5. The van der Waals surface area contributed by atoms with Crippen molar-refractivity contribution in [2.24, 2.45) is 4.99 Å². The van der Waals surface area contributed by atoms with Crippen LogP contribution in [0, 0.1) is 10.1 Å². The van der Waals surface area contributed by atoms with Gasteiger partial charge in [-0.15, -0.1) is 0 Å². The van der Waals surface area contributed by atoms with Gasteiger partial charge in [0.25, 0.3) is 5.69 Å². The van der Waals surface area contributed by atoms with E-state index >= 15 is 0 Å². The van der Waals surface area contributed by atoms with Crippen molar-refractivity contribution in [3.8, 4) is 17.2 Å². The predicted octanol–water partition coefficient (Wildman–Crippen LogP) is 2.19. The van der Waals surface area contributed by atoms with Gasteiger partial charge in [-0.1, -0.05) is 12.1 Å². The minimum atomic E-state index is -0.705. The first-order valence-corrected chi connectivity index (χ1v) is 6.53. The Labute approximate surface area is 125 Å². The number of aliphatic imine (C=N–C) groups is 1. The smallest absolute Gasteiger partial charge is 0.262 e. The van der Waals surface area contributed by atoms with E-state index in [9.17, 15) is 15.2 Å². The highest BCUT2D eigenvalue weighted by atomic mass is 16.6. The fourth-order valence-corrected chi connectivity index (χ4v) is 2.04. The second-order valence-corrected chi connectivity index (χ2v) is 4.54. The Morgan fingerprint density at radius 1 is 1.14 bits per heavy atom. The van der Waals surface area contributed by atoms with Gasteiger partial charge >= 0.3 is 0 Å². The lowest BCUT2D eigenvalue weighted by Gasteiger charge is -2.18. The molecule has 0 aromatic heterocycles. The van der Waals surface area contributed by atoms with Gasteiger partial charge in [-0.25, -0.2) is 0 Å². The quantitative estimate of drug-likeness (QED) is 0.491. The fourth-order valence-electron chi connectivity index (χ4n) is 2.04. The van der Waals surface area contributed by atoms with Crippen LogP contribution in [-0.4, -0.2) is 24.4 Å². The normalized spacial score (nSPS) is 13.3. The van der Waals surface area contributed by atoms with Crippen LogP contribution in [0.5, 0.6) is 17.2 Å². The summed E-state index contributed by atoms with van der Waals surface area (Å²) < 4.78 is 10.8. The van der Waals surface area contributed by atoms with Gasteiger partial charge in [0.2, 0.25) is 0 Å². The summed E-state index contributed by atoms with van der Waals surface area (Å²) in [5.74, 6) is 0.571. The SMILES string of the molecule is O=[N+]([O-])c1cccc(C=Nc2ccc3c(c2)OCCO3)c1[O-]. The Kier molecular flexibility index (Phi) is 3.61. The van der Waals surface area contributed by atoms with Crippen LogP contribution >= 0.6 is 0 Å². The molecule has 0 N–H and O–H groups in total. The average Bonchev–Trinajstić information content (AvgIpc) is 2.53. The molecule has 0 saturated carbocycles. The van der Waals surface area contributed by atoms with Crippen LogP contribution in [0.25, 0.3) is 0 Å². The molecule has 0 spiro atoms. The molecule has 0 unspecified atom stereocenters. The van der Waals surface area contributed by atoms with Gasteiger partial charge in [0.05, 0.1) is 10.6 Å². The number of hydrogen-bond donors (Lipinski definition) is 0. The van der Waals surface area contributed by atoms with E-state index in [1.165, 1.54) is 24.4 Å². The lowest BCUT2D eigenvalue weighted by atomic mass is 10.2. The number of para-hydroxylation sites is 1. The highest BCUT2D eigenvalue weighted by molar-refractivity contribution is 5.87. The average molecular weight is 299 g/mol. The van der Waals surface area contributed by atoms with E-state index in [0.29, 0.717) is 30.4 Å². The van der Waals surface area contributed by atoms with E-state index in [4.69, 9.17) is 9.47 Å². The molecule has 0 aliphatic carbocycles. The molecule has 1 heterocycles. The van der Waals surface area contributed by atoms with E-state index in [-0.39, 0.29) is 5.56 Å². The third-order valence-electron chi connectivity index (χ3n) is 3.10. The minimum absolute atomic E-state index is 0.157. The summed E-state index contributed by atoms with van der Waals surface area (Å²) in [5.41, 5.74) is 0.255. The van der Waals surface area contributed by atoms with Crippen LogP contribution in [0.4, 0.5) is 11.4 Å². The molecule has 0 atom stereocenters. The molecule has 1 aliphatic heterocycles. The van der Waals surface area contributed by atoms with Crippen molar-refractivity contribution in [3.63, 3.8) is 0 Å². The van der Waals surface area contributed by atoms with Crippen molar-refractivity contribution < 1.29 is 19.5 Å². The first-order valence-electron chi connectivity index (χ1n) is 6.53. The topological polar surface area (TPSA) is 97.0 Å². The number of hydrogen-bond acceptors (Lipinski definition) is 6. The second-order valence-electron chi connectivity index (χ2n) is 4.54. The lowest BCUT2D eigenvalue weighted by Crippen LogP contribution is -2.14. The zero-order valence-corrected chi connectivity index (χ0v) is 11.4. The maximum absolute atomic E-state index is 11.9. The van der Waals surface area contributed by atoms with Crippen molar-refractivity contribution >= 4 is 17.6 Å². The van der Waals surface area contributed by atoms with Crippen molar-refractivity contribution in [2.45, 2.75) is 0 Å². The Hall–Kier alpha value is -3.09. The molecule has 1 aliphatic rings. The van der Waals surface area contributed by atoms with Crippen LogP contribution in [0.3, 0.4) is 0 Å². The molecular weight excluding hydrogens is 288 g/mol. The Bertz CT molecular complexity index is 758. The molecule has 112 valence electrons. The number of nitro benzene ring substituents is 1. The molecule has 2 aromatic carbocycles. The first-order chi connectivity index (χ1) is 10.6. The molecule has 0 amide bonds. The number of rotatable bonds is 3. The number of nitrogens with zero attached hydrogens (tertiary/aromatic N) is 2. The molecular formula is C15H11N2O5-. The molecule has 0 saturated heterocycles. The largest absolute Gasteiger partial charge is 0.867 e. The van der Waals surface area contributed by atoms with Crippen LogP contribution < -0.4 is 14.6 Å². The van der Waals surface area contributed by atoms with Gasteiger partial charge in [-0.3, -0.25) is 15.1 Å². The van der Waals surface area contributed by atoms with Gasteiger partial charge in [-0.2, -0.15) is 0 Å². The van der Waals surface area contributed by atoms with E-state index in [0.717, 1.165) is 0 Å². The summed E-state index contributed by atoms with van der Waals surface area (Å²) in [6, 6.07) is 9.23. The van der Waals surface area contributed by atoms with Crippen molar-refractivity contribution in [1.29, 1.82) is 0 Å². The highest BCUT2D eigenvalue weighted by Gasteiger charge is 2.11. The van der Waals surface area contributed by atoms with E-state index in [1.54, 1.807) is 18.2 Å². The third kappa shape index (κ3) is 2.69. The van der Waals surface area contributed by atoms with Crippen LogP contribution in [0.15, 0.2) is 41.4 Å². The van der Waals surface area contributed by atoms with Gasteiger partial charge in [0.15, 0.2) is 11.5 Å². The van der Waals surface area contributed by atoms with Crippen LogP contribution in [-0.2, 0) is 0 Å². The first kappa shape index (κ1) is 13.9. The van der Waals surface area contributed by atoms with Crippen LogP contribution in [0.2, 0.25) is 0 Å². The molecule has 0 bridgehead atoms. The number of fused-ring (bicyclic) bond motifs is 1. The van der Waals surface area contributed by atoms with E-state index in [1.807, 2.05) is 0 Å². The van der Waals surface area contributed by atoms with Crippen molar-refractivity contribution in [1.82, 2.24) is 0 Å². The monoisotopic (exact) mass is 299 g/mol. The zero-order valence-electron chi connectivity index (χ0n) is 11.4. The number of nitro groups is 1. The summed E-state index contributed by atoms with van der Waals surface area (Å²) in [4.78, 5) is 14.2. The number of benzene rings is 2. The Morgan fingerprint density at radius 3 is 2.68 bits per heavy atom. The van der Waals surface area contributed by atoms with Crippen LogP contribution in [0.1, 0.15) is 5.56 Å². The lowest BCUT2D eigenvalue weighted by molar-refractivity contribution is -0.398. The fraction of sp³-hybridized carbons (Fsp3) is 0.133. The maximum atomic E-state index is 11.9. The predicted molar refractivity (Wildman–Crippen MR) is 77.2 cm³/mol. The molecule has 2 aromatic rings. The van der Waals surface area contributed by atoms with Gasteiger partial charge < -0.3 is 14.6 Å². The molecule has 22 heavy (non-hydrogen) atoms. The summed E-state index contributed by atoms with van der Waals surface area (Å²) in [5, 5.41) is 22.6. The van der Waals surface area contributed by atoms with Crippen molar-refractivity contribution in [3.05, 3.63) is 52.1 Å². The van der Waals surface area contributed by atoms with Crippen molar-refractivity contribution in [2.75, 3.05) is 13.2 Å². The highest BCUT2D eigenvalue weighted by Crippen LogP contribution is 2.34. The summed E-state index contributed by atoms with van der Waals surface area (Å²) >= 11 is 0. The summed E-state index contributed by atoms with van der Waals surface area (Å²) in [6.07, 6.45) is 1.31. The second kappa shape index (κ2) is 5.72. The Balaban J connectivity index is 1.88. The van der Waals surface area contributed by atoms with Gasteiger partial charge in [0.1, 0.15) is 13.2 Å². The molecule has 3 rings (SSSR count). The van der Waals surface area contributed by atoms with E-state index < -0.39 is 16.4 Å². The molecule has 7 nitrogen and oxygen atoms in total. The Morgan fingerprint density at radius 2 is 1.91 bits per heavy atom. The summed E-state index contributed by atoms with van der Waals surface area (Å²) in [7, 11) is 0. The molecule has 0 radical (unpaired) electrons.